The molecule has 1 heterocycles. The summed E-state index contributed by atoms with van der Waals surface area (Å²) in [7, 11) is 3.27. The molecule has 0 aliphatic carbocycles. The SMILES string of the molecule is COc1cc(NC(=S)NC2CCN(C(C)C)CC2)cc(OC)c1. The van der Waals surface area contributed by atoms with Gasteiger partial charge in [0.1, 0.15) is 11.5 Å². The van der Waals surface area contributed by atoms with Crippen LogP contribution in [0.15, 0.2) is 18.2 Å². The molecule has 1 aromatic rings. The van der Waals surface area contributed by atoms with Crippen LogP contribution >= 0.6 is 12.2 Å². The van der Waals surface area contributed by atoms with Crippen LogP contribution in [-0.4, -0.2) is 49.4 Å². The van der Waals surface area contributed by atoms with Crippen molar-refractivity contribution < 1.29 is 9.47 Å². The third kappa shape index (κ3) is 5.25. The Morgan fingerprint density at radius 1 is 1.13 bits per heavy atom. The van der Waals surface area contributed by atoms with E-state index in [0.29, 0.717) is 17.2 Å². The number of rotatable bonds is 5. The zero-order valence-electron chi connectivity index (χ0n) is 14.4. The summed E-state index contributed by atoms with van der Waals surface area (Å²) < 4.78 is 10.5. The van der Waals surface area contributed by atoms with Gasteiger partial charge in [0.15, 0.2) is 5.11 Å². The lowest BCUT2D eigenvalue weighted by molar-refractivity contribution is 0.168. The zero-order valence-corrected chi connectivity index (χ0v) is 15.2. The van der Waals surface area contributed by atoms with Crippen LogP contribution in [0, 0.1) is 0 Å². The summed E-state index contributed by atoms with van der Waals surface area (Å²) in [5, 5.41) is 7.28. The third-order valence-corrected chi connectivity index (χ3v) is 4.42. The minimum absolute atomic E-state index is 0.428. The van der Waals surface area contributed by atoms with Crippen molar-refractivity contribution in [1.29, 1.82) is 0 Å². The molecule has 0 aromatic heterocycles. The lowest BCUT2D eigenvalue weighted by Crippen LogP contribution is -2.47. The van der Waals surface area contributed by atoms with Crippen LogP contribution < -0.4 is 20.1 Å². The maximum Gasteiger partial charge on any atom is 0.171 e. The second-order valence-corrected chi connectivity index (χ2v) is 6.51. The van der Waals surface area contributed by atoms with E-state index < -0.39 is 0 Å². The molecule has 0 bridgehead atoms. The first kappa shape index (κ1) is 17.8. The molecule has 0 atom stereocenters. The van der Waals surface area contributed by atoms with Crippen LogP contribution in [-0.2, 0) is 0 Å². The highest BCUT2D eigenvalue weighted by molar-refractivity contribution is 7.80. The number of thiocarbonyl (C=S) groups is 1. The Labute approximate surface area is 144 Å². The lowest BCUT2D eigenvalue weighted by Gasteiger charge is -2.35. The quantitative estimate of drug-likeness (QED) is 0.806. The van der Waals surface area contributed by atoms with Crippen molar-refractivity contribution in [3.05, 3.63) is 18.2 Å². The van der Waals surface area contributed by atoms with Crippen molar-refractivity contribution in [2.75, 3.05) is 32.6 Å². The number of piperidine rings is 1. The van der Waals surface area contributed by atoms with Gasteiger partial charge in [-0.1, -0.05) is 0 Å². The fourth-order valence-electron chi connectivity index (χ4n) is 2.79. The van der Waals surface area contributed by atoms with Gasteiger partial charge in [0, 0.05) is 49.1 Å². The highest BCUT2D eigenvalue weighted by Crippen LogP contribution is 2.25. The van der Waals surface area contributed by atoms with Crippen LogP contribution in [0.3, 0.4) is 0 Å². The summed E-state index contributed by atoms with van der Waals surface area (Å²) in [6.07, 6.45) is 2.23. The second kappa shape index (κ2) is 8.36. The summed E-state index contributed by atoms with van der Waals surface area (Å²) in [5.74, 6) is 1.47. The first-order valence-corrected chi connectivity index (χ1v) is 8.47. The predicted molar refractivity (Wildman–Crippen MR) is 98.6 cm³/mol. The van der Waals surface area contributed by atoms with E-state index in [1.54, 1.807) is 14.2 Å². The van der Waals surface area contributed by atoms with Crippen LogP contribution in [0.4, 0.5) is 5.69 Å². The molecule has 128 valence electrons. The number of benzene rings is 1. The van der Waals surface area contributed by atoms with Crippen molar-refractivity contribution >= 4 is 23.0 Å². The summed E-state index contributed by atoms with van der Waals surface area (Å²) in [6.45, 7) is 6.72. The molecule has 6 heteroatoms. The van der Waals surface area contributed by atoms with E-state index in [2.05, 4.69) is 29.4 Å². The van der Waals surface area contributed by atoms with E-state index >= 15 is 0 Å². The van der Waals surface area contributed by atoms with Gasteiger partial charge in [0.2, 0.25) is 0 Å². The van der Waals surface area contributed by atoms with Crippen molar-refractivity contribution in [3.8, 4) is 11.5 Å². The Balaban J connectivity index is 1.88. The highest BCUT2D eigenvalue weighted by atomic mass is 32.1. The lowest BCUT2D eigenvalue weighted by atomic mass is 10.0. The first-order chi connectivity index (χ1) is 11.0. The standard InChI is InChI=1S/C17H27N3O2S/c1-12(2)20-7-5-13(6-8-20)18-17(23)19-14-9-15(21-3)11-16(10-14)22-4/h9-13H,5-8H2,1-4H3,(H2,18,19,23). The fraction of sp³-hybridized carbons (Fsp3) is 0.588. The number of hydrogen-bond donors (Lipinski definition) is 2. The van der Waals surface area contributed by atoms with Crippen LogP contribution in [0.1, 0.15) is 26.7 Å². The molecule has 1 aromatic carbocycles. The van der Waals surface area contributed by atoms with Gasteiger partial charge in [-0.15, -0.1) is 0 Å². The third-order valence-electron chi connectivity index (χ3n) is 4.20. The Hall–Kier alpha value is -1.53. The Kier molecular flexibility index (Phi) is 6.47. The maximum absolute atomic E-state index is 5.44. The van der Waals surface area contributed by atoms with Gasteiger partial charge in [-0.3, -0.25) is 0 Å². The first-order valence-electron chi connectivity index (χ1n) is 8.06. The number of ether oxygens (including phenoxy) is 2. The van der Waals surface area contributed by atoms with Crippen molar-refractivity contribution in [1.82, 2.24) is 10.2 Å². The number of nitrogens with zero attached hydrogens (tertiary/aromatic N) is 1. The monoisotopic (exact) mass is 337 g/mol. The predicted octanol–water partition coefficient (Wildman–Crippen LogP) is 2.86. The number of hydrogen-bond acceptors (Lipinski definition) is 4. The van der Waals surface area contributed by atoms with Crippen molar-refractivity contribution in [2.24, 2.45) is 0 Å². The van der Waals surface area contributed by atoms with Gasteiger partial charge in [0.05, 0.1) is 14.2 Å². The number of anilines is 1. The molecule has 0 amide bonds. The van der Waals surface area contributed by atoms with E-state index in [-0.39, 0.29) is 0 Å². The molecule has 1 aliphatic rings. The highest BCUT2D eigenvalue weighted by Gasteiger charge is 2.21. The summed E-state index contributed by atoms with van der Waals surface area (Å²) in [4.78, 5) is 2.50. The van der Waals surface area contributed by atoms with Crippen LogP contribution in [0.25, 0.3) is 0 Å². The van der Waals surface area contributed by atoms with Crippen molar-refractivity contribution in [2.45, 2.75) is 38.8 Å². The summed E-state index contributed by atoms with van der Waals surface area (Å²) in [6, 6.07) is 6.68. The second-order valence-electron chi connectivity index (χ2n) is 6.10. The van der Waals surface area contributed by atoms with Crippen molar-refractivity contribution in [3.63, 3.8) is 0 Å². The maximum atomic E-state index is 5.44. The molecule has 2 N–H and O–H groups in total. The molecular formula is C17H27N3O2S. The van der Waals surface area contributed by atoms with E-state index in [1.807, 2.05) is 18.2 Å². The number of methoxy groups -OCH3 is 2. The molecule has 0 saturated carbocycles. The Morgan fingerprint density at radius 2 is 1.70 bits per heavy atom. The zero-order chi connectivity index (χ0) is 16.8. The smallest absolute Gasteiger partial charge is 0.171 e. The largest absolute Gasteiger partial charge is 0.497 e. The van der Waals surface area contributed by atoms with Crippen LogP contribution in [0.5, 0.6) is 11.5 Å². The molecular weight excluding hydrogens is 310 g/mol. The van der Waals surface area contributed by atoms with Gasteiger partial charge < -0.3 is 25.0 Å². The van der Waals surface area contributed by atoms with E-state index in [9.17, 15) is 0 Å². The van der Waals surface area contributed by atoms with Gasteiger partial charge in [0.25, 0.3) is 0 Å². The normalized spacial score (nSPS) is 16.2. The van der Waals surface area contributed by atoms with E-state index in [1.165, 1.54) is 0 Å². The van der Waals surface area contributed by atoms with E-state index in [0.717, 1.165) is 43.1 Å². The Morgan fingerprint density at radius 3 is 2.17 bits per heavy atom. The molecule has 1 fully saturated rings. The molecule has 5 nitrogen and oxygen atoms in total. The summed E-state index contributed by atoms with van der Waals surface area (Å²) in [5.41, 5.74) is 0.860. The topological polar surface area (TPSA) is 45.8 Å². The summed E-state index contributed by atoms with van der Waals surface area (Å²) >= 11 is 5.44. The van der Waals surface area contributed by atoms with Gasteiger partial charge in [-0.05, 0) is 38.9 Å². The molecule has 2 rings (SSSR count). The number of nitrogens with one attached hydrogen (secondary N) is 2. The minimum atomic E-state index is 0.428. The van der Waals surface area contributed by atoms with Gasteiger partial charge >= 0.3 is 0 Å². The Bertz CT molecular complexity index is 506. The molecule has 0 unspecified atom stereocenters. The van der Waals surface area contributed by atoms with E-state index in [4.69, 9.17) is 21.7 Å². The minimum Gasteiger partial charge on any atom is -0.497 e. The molecule has 1 aliphatic heterocycles. The fourth-order valence-corrected chi connectivity index (χ4v) is 3.08. The molecule has 1 saturated heterocycles. The molecule has 0 radical (unpaired) electrons. The van der Waals surface area contributed by atoms with Crippen LogP contribution in [0.2, 0.25) is 0 Å². The van der Waals surface area contributed by atoms with Gasteiger partial charge in [-0.25, -0.2) is 0 Å². The molecule has 23 heavy (non-hydrogen) atoms. The number of likely N-dealkylation sites (tertiary alicyclic amines) is 1. The average molecular weight is 337 g/mol. The average Bonchev–Trinajstić information content (AvgIpc) is 2.54. The van der Waals surface area contributed by atoms with Gasteiger partial charge in [-0.2, -0.15) is 0 Å². The molecule has 0 spiro atoms.